The minimum Gasteiger partial charge on any atom is -0.317 e. The number of amides is 1. The molecule has 172 valence electrons. The van der Waals surface area contributed by atoms with E-state index in [1.807, 2.05) is 12.1 Å². The van der Waals surface area contributed by atoms with Crippen molar-refractivity contribution in [3.8, 4) is 0 Å². The zero-order valence-electron chi connectivity index (χ0n) is 17.4. The number of aryl methyl sites for hydroxylation is 1. The maximum absolute atomic E-state index is 13.4. The molecular formula is C21H17ClF4N6O. The largest absolute Gasteiger partial charge is 0.317 e. The maximum Gasteiger partial charge on any atom is 0.280 e. The molecule has 1 aromatic carbocycles. The number of halogens is 5. The van der Waals surface area contributed by atoms with Crippen molar-refractivity contribution in [2.75, 3.05) is 5.32 Å². The molecule has 0 radical (unpaired) electrons. The van der Waals surface area contributed by atoms with Gasteiger partial charge in [0, 0.05) is 11.1 Å². The van der Waals surface area contributed by atoms with Crippen molar-refractivity contribution in [2.45, 2.75) is 33.2 Å². The number of hydrogen-bond donors (Lipinski definition) is 1. The highest BCUT2D eigenvalue weighted by Gasteiger charge is 2.23. The Hall–Kier alpha value is -3.47. The molecule has 12 heteroatoms. The first-order valence-electron chi connectivity index (χ1n) is 9.70. The Morgan fingerprint density at radius 1 is 1.06 bits per heavy atom. The Morgan fingerprint density at radius 2 is 1.76 bits per heavy atom. The third kappa shape index (κ3) is 4.54. The number of anilines is 1. The van der Waals surface area contributed by atoms with E-state index in [2.05, 4.69) is 20.5 Å². The van der Waals surface area contributed by atoms with Gasteiger partial charge in [-0.2, -0.15) is 10.2 Å². The molecule has 0 bridgehead atoms. The standard InChI is InChI=1S/C21H17ClF4N6O/c1-10-18(11(2)31(29-10)9-12-3-5-13(22)6-4-12)28-21(33)15-8-17-27-14(19(23)24)7-16(20(25)26)32(17)30-15/h3-8,19-20H,9H2,1-2H3,(H,28,33). The van der Waals surface area contributed by atoms with E-state index >= 15 is 0 Å². The molecule has 0 spiro atoms. The molecule has 0 aliphatic rings. The predicted molar refractivity (Wildman–Crippen MR) is 113 cm³/mol. The number of aromatic nitrogens is 5. The summed E-state index contributed by atoms with van der Waals surface area (Å²) in [6.07, 6.45) is -6.13. The summed E-state index contributed by atoms with van der Waals surface area (Å²) >= 11 is 5.91. The Morgan fingerprint density at radius 3 is 2.39 bits per heavy atom. The highest BCUT2D eigenvalue weighted by atomic mass is 35.5. The molecule has 0 saturated carbocycles. The van der Waals surface area contributed by atoms with Crippen LogP contribution in [0, 0.1) is 13.8 Å². The lowest BCUT2D eigenvalue weighted by Crippen LogP contribution is -2.14. The highest BCUT2D eigenvalue weighted by Crippen LogP contribution is 2.26. The van der Waals surface area contributed by atoms with Crippen LogP contribution in [0.3, 0.4) is 0 Å². The summed E-state index contributed by atoms with van der Waals surface area (Å²) in [6, 6.07) is 8.89. The van der Waals surface area contributed by atoms with Crippen LogP contribution < -0.4 is 5.32 Å². The van der Waals surface area contributed by atoms with Crippen molar-refractivity contribution in [1.82, 2.24) is 24.4 Å². The molecular weight excluding hydrogens is 464 g/mol. The summed E-state index contributed by atoms with van der Waals surface area (Å²) in [7, 11) is 0. The minimum atomic E-state index is -3.08. The Labute approximate surface area is 190 Å². The molecule has 1 N–H and O–H groups in total. The third-order valence-electron chi connectivity index (χ3n) is 5.02. The van der Waals surface area contributed by atoms with Crippen LogP contribution in [0.15, 0.2) is 36.4 Å². The van der Waals surface area contributed by atoms with E-state index < -0.39 is 30.1 Å². The zero-order chi connectivity index (χ0) is 23.9. The van der Waals surface area contributed by atoms with E-state index in [-0.39, 0.29) is 11.3 Å². The van der Waals surface area contributed by atoms with E-state index in [1.54, 1.807) is 30.7 Å². The third-order valence-corrected chi connectivity index (χ3v) is 5.27. The monoisotopic (exact) mass is 480 g/mol. The van der Waals surface area contributed by atoms with Crippen LogP contribution in [-0.2, 0) is 6.54 Å². The van der Waals surface area contributed by atoms with Gasteiger partial charge in [0.05, 0.1) is 23.6 Å². The molecule has 0 atom stereocenters. The number of benzene rings is 1. The quantitative estimate of drug-likeness (QED) is 0.376. The van der Waals surface area contributed by atoms with Gasteiger partial charge < -0.3 is 5.32 Å². The van der Waals surface area contributed by atoms with Crippen LogP contribution in [-0.4, -0.2) is 30.3 Å². The van der Waals surface area contributed by atoms with Crippen LogP contribution in [0.25, 0.3) is 5.65 Å². The molecule has 1 amide bonds. The normalized spacial score (nSPS) is 11.7. The van der Waals surface area contributed by atoms with Crippen LogP contribution in [0.5, 0.6) is 0 Å². The highest BCUT2D eigenvalue weighted by molar-refractivity contribution is 6.30. The average Bonchev–Trinajstić information content (AvgIpc) is 3.31. The van der Waals surface area contributed by atoms with E-state index in [0.29, 0.717) is 39.2 Å². The summed E-state index contributed by atoms with van der Waals surface area (Å²) in [5.41, 5.74) is 0.443. The lowest BCUT2D eigenvalue weighted by atomic mass is 10.2. The summed E-state index contributed by atoms with van der Waals surface area (Å²) in [4.78, 5) is 16.4. The first-order valence-corrected chi connectivity index (χ1v) is 10.1. The smallest absolute Gasteiger partial charge is 0.280 e. The fourth-order valence-electron chi connectivity index (χ4n) is 3.37. The van der Waals surface area contributed by atoms with Gasteiger partial charge in [0.25, 0.3) is 18.8 Å². The van der Waals surface area contributed by atoms with Gasteiger partial charge in [0.1, 0.15) is 11.4 Å². The summed E-state index contributed by atoms with van der Waals surface area (Å²) in [6.45, 7) is 3.91. The summed E-state index contributed by atoms with van der Waals surface area (Å²) in [5.74, 6) is -0.712. The van der Waals surface area contributed by atoms with Crippen molar-refractivity contribution >= 4 is 28.8 Å². The number of alkyl halides is 4. The number of nitrogens with one attached hydrogen (secondary N) is 1. The van der Waals surface area contributed by atoms with E-state index in [9.17, 15) is 22.4 Å². The van der Waals surface area contributed by atoms with Crippen molar-refractivity contribution in [1.29, 1.82) is 0 Å². The second-order valence-corrected chi connectivity index (χ2v) is 7.73. The molecule has 3 aromatic heterocycles. The van der Waals surface area contributed by atoms with Gasteiger partial charge in [-0.15, -0.1) is 0 Å². The number of carbonyl (C=O) groups excluding carboxylic acids is 1. The van der Waals surface area contributed by atoms with Gasteiger partial charge in [-0.25, -0.2) is 27.1 Å². The van der Waals surface area contributed by atoms with Gasteiger partial charge in [0.2, 0.25) is 0 Å². The number of carbonyl (C=O) groups is 1. The topological polar surface area (TPSA) is 77.1 Å². The zero-order valence-corrected chi connectivity index (χ0v) is 18.1. The van der Waals surface area contributed by atoms with Crippen LogP contribution >= 0.6 is 11.6 Å². The number of nitrogens with zero attached hydrogens (tertiary/aromatic N) is 5. The summed E-state index contributed by atoms with van der Waals surface area (Å²) < 4.78 is 55.1. The average molecular weight is 481 g/mol. The fraction of sp³-hybridized carbons (Fsp3) is 0.238. The first kappa shape index (κ1) is 22.7. The molecule has 33 heavy (non-hydrogen) atoms. The fourth-order valence-corrected chi connectivity index (χ4v) is 3.49. The number of hydrogen-bond acceptors (Lipinski definition) is 4. The van der Waals surface area contributed by atoms with Gasteiger partial charge in [0.15, 0.2) is 11.3 Å². The minimum absolute atomic E-state index is 0.250. The Bertz CT molecular complexity index is 1330. The van der Waals surface area contributed by atoms with Crippen LogP contribution in [0.4, 0.5) is 23.2 Å². The number of fused-ring (bicyclic) bond motifs is 1. The lowest BCUT2D eigenvalue weighted by Gasteiger charge is -2.07. The van der Waals surface area contributed by atoms with Crippen molar-refractivity contribution in [3.05, 3.63) is 75.5 Å². The van der Waals surface area contributed by atoms with Crippen LogP contribution in [0.1, 0.15) is 51.7 Å². The predicted octanol–water partition coefficient (Wildman–Crippen LogP) is 5.37. The van der Waals surface area contributed by atoms with Crippen molar-refractivity contribution in [3.63, 3.8) is 0 Å². The molecule has 4 aromatic rings. The number of rotatable bonds is 6. The van der Waals surface area contributed by atoms with Gasteiger partial charge in [-0.05, 0) is 37.6 Å². The molecule has 4 rings (SSSR count). The molecule has 0 unspecified atom stereocenters. The maximum atomic E-state index is 13.4. The Balaban J connectivity index is 1.62. The SMILES string of the molecule is Cc1nn(Cc2ccc(Cl)cc2)c(C)c1NC(=O)c1cc2nc(C(F)F)cc(C(F)F)n2n1. The molecule has 0 aliphatic carbocycles. The van der Waals surface area contributed by atoms with Crippen molar-refractivity contribution < 1.29 is 22.4 Å². The van der Waals surface area contributed by atoms with Gasteiger partial charge >= 0.3 is 0 Å². The lowest BCUT2D eigenvalue weighted by molar-refractivity contribution is 0.102. The van der Waals surface area contributed by atoms with Gasteiger partial charge in [-0.3, -0.25) is 9.48 Å². The molecule has 0 fully saturated rings. The molecule has 3 heterocycles. The second kappa shape index (κ2) is 8.81. The molecule has 7 nitrogen and oxygen atoms in total. The van der Waals surface area contributed by atoms with Crippen LogP contribution in [0.2, 0.25) is 5.02 Å². The summed E-state index contributed by atoms with van der Waals surface area (Å²) in [5, 5.41) is 11.6. The second-order valence-electron chi connectivity index (χ2n) is 7.29. The van der Waals surface area contributed by atoms with Crippen molar-refractivity contribution in [2.24, 2.45) is 0 Å². The van der Waals surface area contributed by atoms with E-state index in [0.717, 1.165) is 11.6 Å². The first-order chi connectivity index (χ1) is 15.6. The van der Waals surface area contributed by atoms with Gasteiger partial charge in [-0.1, -0.05) is 23.7 Å². The molecule has 0 saturated heterocycles. The van der Waals surface area contributed by atoms with E-state index in [1.165, 1.54) is 0 Å². The Kier molecular flexibility index (Phi) is 6.07. The van der Waals surface area contributed by atoms with E-state index in [4.69, 9.17) is 11.6 Å². The molecule has 0 aliphatic heterocycles.